The van der Waals surface area contributed by atoms with Crippen LogP contribution in [0.25, 0.3) is 5.57 Å². The molecule has 0 spiro atoms. The first-order valence-electron chi connectivity index (χ1n) is 8.61. The largest absolute Gasteiger partial charge is 0.0804 e. The molecule has 0 aromatic heterocycles. The van der Waals surface area contributed by atoms with Gasteiger partial charge in [0.1, 0.15) is 0 Å². The molecular weight excluding hydrogens is 240 g/mol. The number of hydrogen-bond acceptors (Lipinski definition) is 0. The molecule has 0 amide bonds. The molecule has 0 heterocycles. The highest BCUT2D eigenvalue weighted by Crippen LogP contribution is 2.32. The van der Waals surface area contributed by atoms with E-state index in [1.807, 2.05) is 0 Å². The van der Waals surface area contributed by atoms with Crippen molar-refractivity contribution in [2.45, 2.75) is 71.6 Å². The second-order valence-corrected chi connectivity index (χ2v) is 6.31. The van der Waals surface area contributed by atoms with E-state index in [1.165, 1.54) is 68.9 Å². The standard InChI is InChI=1S/C20H30/c1-3-5-7-17-9-13-19(14-10-17)20-15-11-18(12-16-20)8-6-4-2/h9-10,13-15,18H,3-8,11-12,16H2,1-2H3. The molecule has 1 aromatic rings. The number of hydrogen-bond donors (Lipinski definition) is 0. The van der Waals surface area contributed by atoms with Gasteiger partial charge < -0.3 is 0 Å². The first kappa shape index (κ1) is 15.4. The molecule has 0 N–H and O–H groups in total. The molecule has 0 nitrogen and oxygen atoms in total. The summed E-state index contributed by atoms with van der Waals surface area (Å²) >= 11 is 0. The predicted octanol–water partition coefficient (Wildman–Crippen LogP) is 6.40. The van der Waals surface area contributed by atoms with Gasteiger partial charge in [0.2, 0.25) is 0 Å². The van der Waals surface area contributed by atoms with Crippen LogP contribution in [0, 0.1) is 5.92 Å². The van der Waals surface area contributed by atoms with Gasteiger partial charge in [0.05, 0.1) is 0 Å². The average molecular weight is 270 g/mol. The maximum atomic E-state index is 2.50. The third-order valence-corrected chi connectivity index (χ3v) is 4.63. The summed E-state index contributed by atoms with van der Waals surface area (Å²) in [6.07, 6.45) is 14.5. The van der Waals surface area contributed by atoms with Crippen molar-refractivity contribution < 1.29 is 0 Å². The monoisotopic (exact) mass is 270 g/mol. The quantitative estimate of drug-likeness (QED) is 0.537. The predicted molar refractivity (Wildman–Crippen MR) is 89.9 cm³/mol. The van der Waals surface area contributed by atoms with E-state index in [-0.39, 0.29) is 0 Å². The van der Waals surface area contributed by atoms with Crippen molar-refractivity contribution in [1.29, 1.82) is 0 Å². The number of allylic oxidation sites excluding steroid dienone is 2. The summed E-state index contributed by atoms with van der Waals surface area (Å²) in [6, 6.07) is 9.33. The summed E-state index contributed by atoms with van der Waals surface area (Å²) in [5.41, 5.74) is 4.53. The number of aryl methyl sites for hydroxylation is 1. The third kappa shape index (κ3) is 4.51. The molecule has 0 saturated heterocycles. The molecule has 1 aromatic carbocycles. The first-order valence-corrected chi connectivity index (χ1v) is 8.61. The van der Waals surface area contributed by atoms with Crippen molar-refractivity contribution >= 4 is 5.57 Å². The van der Waals surface area contributed by atoms with Crippen LogP contribution < -0.4 is 0 Å². The summed E-state index contributed by atoms with van der Waals surface area (Å²) in [5.74, 6) is 0.947. The second kappa shape index (κ2) is 8.29. The highest BCUT2D eigenvalue weighted by molar-refractivity contribution is 5.66. The number of unbranched alkanes of at least 4 members (excludes halogenated alkanes) is 2. The van der Waals surface area contributed by atoms with E-state index in [9.17, 15) is 0 Å². The van der Waals surface area contributed by atoms with Crippen LogP contribution in [0.5, 0.6) is 0 Å². The van der Waals surface area contributed by atoms with Gasteiger partial charge >= 0.3 is 0 Å². The van der Waals surface area contributed by atoms with Crippen molar-refractivity contribution in [3.63, 3.8) is 0 Å². The average Bonchev–Trinajstić information content (AvgIpc) is 2.52. The zero-order valence-corrected chi connectivity index (χ0v) is 13.3. The second-order valence-electron chi connectivity index (χ2n) is 6.31. The van der Waals surface area contributed by atoms with E-state index in [0.717, 1.165) is 5.92 Å². The SMILES string of the molecule is CCCCc1ccc(C2=CCC(CCCC)CC2)cc1. The Balaban J connectivity index is 1.90. The van der Waals surface area contributed by atoms with Gasteiger partial charge in [-0.2, -0.15) is 0 Å². The smallest absolute Gasteiger partial charge is 0.0228 e. The van der Waals surface area contributed by atoms with E-state index in [1.54, 1.807) is 5.57 Å². The van der Waals surface area contributed by atoms with Gasteiger partial charge in [-0.05, 0) is 54.7 Å². The van der Waals surface area contributed by atoms with Crippen LogP contribution in [0.1, 0.15) is 76.3 Å². The molecule has 2 rings (SSSR count). The van der Waals surface area contributed by atoms with Gasteiger partial charge in [-0.25, -0.2) is 0 Å². The Morgan fingerprint density at radius 1 is 1.00 bits per heavy atom. The first-order chi connectivity index (χ1) is 9.83. The molecule has 0 fully saturated rings. The summed E-state index contributed by atoms with van der Waals surface area (Å²) in [4.78, 5) is 0. The van der Waals surface area contributed by atoms with Crippen LogP contribution in [0.3, 0.4) is 0 Å². The molecule has 20 heavy (non-hydrogen) atoms. The summed E-state index contributed by atoms with van der Waals surface area (Å²) < 4.78 is 0. The zero-order chi connectivity index (χ0) is 14.2. The Bertz CT molecular complexity index is 410. The van der Waals surface area contributed by atoms with Crippen molar-refractivity contribution in [1.82, 2.24) is 0 Å². The van der Waals surface area contributed by atoms with Gasteiger partial charge in [0.15, 0.2) is 0 Å². The highest BCUT2D eigenvalue weighted by Gasteiger charge is 2.14. The topological polar surface area (TPSA) is 0 Å². The molecular formula is C20H30. The molecule has 1 unspecified atom stereocenters. The van der Waals surface area contributed by atoms with E-state index < -0.39 is 0 Å². The minimum Gasteiger partial charge on any atom is -0.0804 e. The summed E-state index contributed by atoms with van der Waals surface area (Å²) in [5, 5.41) is 0. The highest BCUT2D eigenvalue weighted by atomic mass is 14.2. The fraction of sp³-hybridized carbons (Fsp3) is 0.600. The zero-order valence-electron chi connectivity index (χ0n) is 13.3. The lowest BCUT2D eigenvalue weighted by atomic mass is 9.84. The molecule has 0 aliphatic heterocycles. The maximum Gasteiger partial charge on any atom is -0.0228 e. The Kier molecular flexibility index (Phi) is 6.36. The van der Waals surface area contributed by atoms with Gasteiger partial charge in [-0.3, -0.25) is 0 Å². The van der Waals surface area contributed by atoms with E-state index >= 15 is 0 Å². The molecule has 110 valence electrons. The van der Waals surface area contributed by atoms with Crippen LogP contribution in [0.2, 0.25) is 0 Å². The Hall–Kier alpha value is -1.04. The third-order valence-electron chi connectivity index (χ3n) is 4.63. The van der Waals surface area contributed by atoms with Crippen LogP contribution >= 0.6 is 0 Å². The molecule has 0 bridgehead atoms. The minimum atomic E-state index is 0.947. The Labute approximate surface area is 125 Å². The van der Waals surface area contributed by atoms with E-state index in [4.69, 9.17) is 0 Å². The summed E-state index contributed by atoms with van der Waals surface area (Å²) in [7, 11) is 0. The van der Waals surface area contributed by atoms with Crippen molar-refractivity contribution in [3.05, 3.63) is 41.5 Å². The molecule has 1 aliphatic rings. The minimum absolute atomic E-state index is 0.947. The van der Waals surface area contributed by atoms with Gasteiger partial charge in [-0.15, -0.1) is 0 Å². The maximum absolute atomic E-state index is 2.50. The van der Waals surface area contributed by atoms with Crippen molar-refractivity contribution in [3.8, 4) is 0 Å². The lowest BCUT2D eigenvalue weighted by molar-refractivity contribution is 0.434. The Morgan fingerprint density at radius 2 is 1.75 bits per heavy atom. The van der Waals surface area contributed by atoms with Gasteiger partial charge in [0, 0.05) is 0 Å². The number of rotatable bonds is 7. The summed E-state index contributed by atoms with van der Waals surface area (Å²) in [6.45, 7) is 4.56. The van der Waals surface area contributed by atoms with Crippen molar-refractivity contribution in [2.24, 2.45) is 5.92 Å². The lowest BCUT2D eigenvalue weighted by Crippen LogP contribution is -2.05. The molecule has 0 saturated carbocycles. The van der Waals surface area contributed by atoms with Crippen LogP contribution in [-0.2, 0) is 6.42 Å². The van der Waals surface area contributed by atoms with Crippen LogP contribution in [0.15, 0.2) is 30.3 Å². The fourth-order valence-corrected chi connectivity index (χ4v) is 3.17. The Morgan fingerprint density at radius 3 is 2.35 bits per heavy atom. The fourth-order valence-electron chi connectivity index (χ4n) is 3.17. The van der Waals surface area contributed by atoms with Crippen LogP contribution in [-0.4, -0.2) is 0 Å². The van der Waals surface area contributed by atoms with E-state index in [0.29, 0.717) is 0 Å². The van der Waals surface area contributed by atoms with Crippen molar-refractivity contribution in [2.75, 3.05) is 0 Å². The van der Waals surface area contributed by atoms with Gasteiger partial charge in [0.25, 0.3) is 0 Å². The van der Waals surface area contributed by atoms with Gasteiger partial charge in [-0.1, -0.05) is 69.9 Å². The molecule has 1 atom stereocenters. The normalized spacial score (nSPS) is 18.9. The lowest BCUT2D eigenvalue weighted by Gasteiger charge is -2.22. The molecule has 0 heteroatoms. The van der Waals surface area contributed by atoms with Crippen LogP contribution in [0.4, 0.5) is 0 Å². The molecule has 0 radical (unpaired) electrons. The molecule has 1 aliphatic carbocycles. The van der Waals surface area contributed by atoms with E-state index in [2.05, 4.69) is 44.2 Å². The number of benzene rings is 1.